The molecule has 0 amide bonds. The zero-order valence-electron chi connectivity index (χ0n) is 10.9. The van der Waals surface area contributed by atoms with Crippen LogP contribution in [-0.4, -0.2) is 35.5 Å². The molecule has 104 valence electrons. The minimum atomic E-state index is -1.09. The lowest BCUT2D eigenvalue weighted by molar-refractivity contribution is -0.131. The van der Waals surface area contributed by atoms with E-state index in [0.29, 0.717) is 17.1 Å². The number of hydrogen-bond acceptors (Lipinski definition) is 6. The van der Waals surface area contributed by atoms with Gasteiger partial charge < -0.3 is 19.0 Å². The van der Waals surface area contributed by atoms with Gasteiger partial charge in [-0.2, -0.15) is 0 Å². The number of aliphatic carboxylic acids is 1. The van der Waals surface area contributed by atoms with Gasteiger partial charge in [-0.15, -0.1) is 10.2 Å². The number of aromatic nitrogens is 2. The largest absolute Gasteiger partial charge is 0.497 e. The van der Waals surface area contributed by atoms with Gasteiger partial charge in [0, 0.05) is 23.8 Å². The fourth-order valence-corrected chi connectivity index (χ4v) is 1.49. The van der Waals surface area contributed by atoms with Crippen LogP contribution < -0.4 is 9.47 Å². The molecular formula is C13H12N2O5. The molecule has 0 unspecified atom stereocenters. The van der Waals surface area contributed by atoms with Crippen LogP contribution in [-0.2, 0) is 4.79 Å². The van der Waals surface area contributed by atoms with Crippen molar-refractivity contribution in [3.05, 3.63) is 30.2 Å². The van der Waals surface area contributed by atoms with Gasteiger partial charge in [-0.1, -0.05) is 0 Å². The van der Waals surface area contributed by atoms with Crippen molar-refractivity contribution < 1.29 is 23.8 Å². The van der Waals surface area contributed by atoms with Crippen LogP contribution in [0.4, 0.5) is 0 Å². The van der Waals surface area contributed by atoms with Gasteiger partial charge in [0.25, 0.3) is 0 Å². The maximum absolute atomic E-state index is 10.4. The van der Waals surface area contributed by atoms with E-state index in [9.17, 15) is 4.79 Å². The normalized spacial score (nSPS) is 10.7. The van der Waals surface area contributed by atoms with E-state index < -0.39 is 5.97 Å². The summed E-state index contributed by atoms with van der Waals surface area (Å²) in [4.78, 5) is 10.4. The van der Waals surface area contributed by atoms with Crippen molar-refractivity contribution in [3.8, 4) is 23.0 Å². The van der Waals surface area contributed by atoms with Crippen molar-refractivity contribution in [2.75, 3.05) is 14.2 Å². The lowest BCUT2D eigenvalue weighted by Gasteiger charge is -2.05. The summed E-state index contributed by atoms with van der Waals surface area (Å²) in [5, 5.41) is 16.1. The smallest absolute Gasteiger partial charge is 0.328 e. The monoisotopic (exact) mass is 276 g/mol. The molecule has 1 aromatic heterocycles. The Bertz CT molecular complexity index is 626. The summed E-state index contributed by atoms with van der Waals surface area (Å²) in [6.45, 7) is 0. The Morgan fingerprint density at radius 3 is 2.40 bits per heavy atom. The maximum Gasteiger partial charge on any atom is 0.328 e. The first-order valence-electron chi connectivity index (χ1n) is 5.60. The zero-order valence-corrected chi connectivity index (χ0v) is 10.9. The van der Waals surface area contributed by atoms with E-state index in [0.717, 1.165) is 6.08 Å². The van der Waals surface area contributed by atoms with Gasteiger partial charge in [-0.05, 0) is 12.1 Å². The molecule has 0 atom stereocenters. The summed E-state index contributed by atoms with van der Waals surface area (Å²) < 4.78 is 15.6. The van der Waals surface area contributed by atoms with Gasteiger partial charge in [-0.3, -0.25) is 0 Å². The van der Waals surface area contributed by atoms with E-state index >= 15 is 0 Å². The highest BCUT2D eigenvalue weighted by Crippen LogP contribution is 2.29. The molecule has 1 aromatic carbocycles. The Labute approximate surface area is 114 Å². The third-order valence-corrected chi connectivity index (χ3v) is 2.41. The molecule has 0 aliphatic rings. The Kier molecular flexibility index (Phi) is 3.99. The second kappa shape index (κ2) is 5.87. The standard InChI is InChI=1S/C13H12N2O5/c1-18-9-5-8(6-10(7-9)19-2)13-15-14-11(20-13)3-4-12(16)17/h3-7H,1-2H3,(H,16,17)/b4-3+. The highest BCUT2D eigenvalue weighted by Gasteiger charge is 2.10. The molecule has 7 heteroatoms. The van der Waals surface area contributed by atoms with Crippen LogP contribution in [0.5, 0.6) is 11.5 Å². The van der Waals surface area contributed by atoms with Crippen LogP contribution in [0.15, 0.2) is 28.7 Å². The topological polar surface area (TPSA) is 94.7 Å². The molecule has 1 N–H and O–H groups in total. The van der Waals surface area contributed by atoms with Gasteiger partial charge in [0.2, 0.25) is 11.8 Å². The molecule has 0 bridgehead atoms. The SMILES string of the molecule is COc1cc(OC)cc(-c2nnc(/C=C/C(=O)O)o2)c1. The van der Waals surface area contributed by atoms with E-state index in [1.54, 1.807) is 18.2 Å². The van der Waals surface area contributed by atoms with Crippen molar-refractivity contribution in [2.45, 2.75) is 0 Å². The average molecular weight is 276 g/mol. The molecule has 0 spiro atoms. The van der Waals surface area contributed by atoms with Gasteiger partial charge in [0.05, 0.1) is 14.2 Å². The lowest BCUT2D eigenvalue weighted by atomic mass is 10.2. The fourth-order valence-electron chi connectivity index (χ4n) is 1.49. The Morgan fingerprint density at radius 2 is 1.85 bits per heavy atom. The van der Waals surface area contributed by atoms with Gasteiger partial charge in [0.1, 0.15) is 11.5 Å². The van der Waals surface area contributed by atoms with Crippen molar-refractivity contribution in [1.29, 1.82) is 0 Å². The van der Waals surface area contributed by atoms with Gasteiger partial charge in [-0.25, -0.2) is 4.79 Å². The molecule has 0 fully saturated rings. The molecular weight excluding hydrogens is 264 g/mol. The number of carboxylic acid groups (broad SMARTS) is 1. The highest BCUT2D eigenvalue weighted by molar-refractivity contribution is 5.84. The molecule has 7 nitrogen and oxygen atoms in total. The second-order valence-corrected chi connectivity index (χ2v) is 3.72. The highest BCUT2D eigenvalue weighted by atomic mass is 16.5. The molecule has 0 aliphatic carbocycles. The molecule has 2 rings (SSSR count). The predicted molar refractivity (Wildman–Crippen MR) is 69.5 cm³/mol. The number of nitrogens with zero attached hydrogens (tertiary/aromatic N) is 2. The second-order valence-electron chi connectivity index (χ2n) is 3.72. The van der Waals surface area contributed by atoms with E-state index in [1.807, 2.05) is 0 Å². The summed E-state index contributed by atoms with van der Waals surface area (Å²) in [6, 6.07) is 5.13. The van der Waals surface area contributed by atoms with Crippen LogP contribution in [0.1, 0.15) is 5.89 Å². The zero-order chi connectivity index (χ0) is 14.5. The van der Waals surface area contributed by atoms with Crippen LogP contribution in [0, 0.1) is 0 Å². The van der Waals surface area contributed by atoms with Gasteiger partial charge in [0.15, 0.2) is 0 Å². The molecule has 0 saturated heterocycles. The summed E-state index contributed by atoms with van der Waals surface area (Å²) in [6.07, 6.45) is 2.14. The predicted octanol–water partition coefficient (Wildman–Crippen LogP) is 1.85. The Balaban J connectivity index is 2.34. The third kappa shape index (κ3) is 3.14. The molecule has 0 aliphatic heterocycles. The third-order valence-electron chi connectivity index (χ3n) is 2.41. The number of ether oxygens (including phenoxy) is 2. The summed E-state index contributed by atoms with van der Waals surface area (Å²) in [5.74, 6) is 0.421. The van der Waals surface area contributed by atoms with E-state index in [4.69, 9.17) is 19.0 Å². The molecule has 2 aromatic rings. The van der Waals surface area contributed by atoms with Crippen LogP contribution >= 0.6 is 0 Å². The minimum absolute atomic E-state index is 0.101. The van der Waals surface area contributed by atoms with Crippen LogP contribution in [0.2, 0.25) is 0 Å². The van der Waals surface area contributed by atoms with Crippen LogP contribution in [0.3, 0.4) is 0 Å². The Morgan fingerprint density at radius 1 is 1.20 bits per heavy atom. The van der Waals surface area contributed by atoms with E-state index in [-0.39, 0.29) is 11.8 Å². The quantitative estimate of drug-likeness (QED) is 0.832. The minimum Gasteiger partial charge on any atom is -0.497 e. The van der Waals surface area contributed by atoms with E-state index in [2.05, 4.69) is 10.2 Å². The van der Waals surface area contributed by atoms with Crippen LogP contribution in [0.25, 0.3) is 17.5 Å². The molecule has 20 heavy (non-hydrogen) atoms. The number of rotatable bonds is 5. The van der Waals surface area contributed by atoms with Crippen molar-refractivity contribution in [2.24, 2.45) is 0 Å². The number of carbonyl (C=O) groups is 1. The lowest BCUT2D eigenvalue weighted by Crippen LogP contribution is -1.88. The first kappa shape index (κ1) is 13.6. The fraction of sp³-hybridized carbons (Fsp3) is 0.154. The molecule has 0 radical (unpaired) electrons. The van der Waals surface area contributed by atoms with E-state index in [1.165, 1.54) is 20.3 Å². The average Bonchev–Trinajstić information content (AvgIpc) is 2.93. The number of benzene rings is 1. The van der Waals surface area contributed by atoms with Crippen molar-refractivity contribution >= 4 is 12.0 Å². The number of hydrogen-bond donors (Lipinski definition) is 1. The van der Waals surface area contributed by atoms with Gasteiger partial charge >= 0.3 is 5.97 Å². The maximum atomic E-state index is 10.4. The summed E-state index contributed by atoms with van der Waals surface area (Å²) in [7, 11) is 3.07. The number of carboxylic acids is 1. The number of methoxy groups -OCH3 is 2. The summed E-state index contributed by atoms with van der Waals surface area (Å²) in [5.41, 5.74) is 0.615. The Hall–Kier alpha value is -2.83. The first-order valence-corrected chi connectivity index (χ1v) is 5.60. The first-order chi connectivity index (χ1) is 9.62. The van der Waals surface area contributed by atoms with Crippen molar-refractivity contribution in [3.63, 3.8) is 0 Å². The molecule has 1 heterocycles. The molecule has 0 saturated carbocycles. The van der Waals surface area contributed by atoms with Crippen molar-refractivity contribution in [1.82, 2.24) is 10.2 Å². The summed E-state index contributed by atoms with van der Waals surface area (Å²) >= 11 is 0.